The zero-order valence-corrected chi connectivity index (χ0v) is 14.9. The smallest absolute Gasteiger partial charge is 0.185 e. The second-order valence-corrected chi connectivity index (χ2v) is 6.44. The number of carbonyl (C=O) groups is 1. The highest BCUT2D eigenvalue weighted by Crippen LogP contribution is 2.24. The maximum absolute atomic E-state index is 12.6. The largest absolute Gasteiger partial charge is 0.496 e. The summed E-state index contributed by atoms with van der Waals surface area (Å²) in [7, 11) is 1.66. The van der Waals surface area contributed by atoms with Crippen LogP contribution in [0.3, 0.4) is 0 Å². The Bertz CT molecular complexity index is 859. The summed E-state index contributed by atoms with van der Waals surface area (Å²) < 4.78 is 5.46. The molecule has 1 heterocycles. The number of hydrogen-bond donors (Lipinski definition) is 0. The first-order valence-electron chi connectivity index (χ1n) is 8.81. The van der Waals surface area contributed by atoms with Crippen LogP contribution in [-0.4, -0.2) is 30.9 Å². The summed E-state index contributed by atoms with van der Waals surface area (Å²) in [5.74, 6) is 0.761. The van der Waals surface area contributed by atoms with E-state index in [0.29, 0.717) is 11.1 Å². The standard InChI is InChI=1S/C22H22N2O2/c1-26-22-10-8-19(14-20(22)16-24-11-2-3-12-24)21(25)9-7-17-5-4-6-18(13-17)15-23/h4-10,13-14H,2-3,11-12,16H2,1H3. The fourth-order valence-electron chi connectivity index (χ4n) is 3.22. The molecular weight excluding hydrogens is 324 g/mol. The Hall–Kier alpha value is -2.90. The Kier molecular flexibility index (Phi) is 5.83. The van der Waals surface area contributed by atoms with E-state index in [1.165, 1.54) is 12.8 Å². The van der Waals surface area contributed by atoms with Gasteiger partial charge in [0, 0.05) is 17.7 Å². The zero-order valence-electron chi connectivity index (χ0n) is 14.9. The zero-order chi connectivity index (χ0) is 18.4. The van der Waals surface area contributed by atoms with Crippen LogP contribution >= 0.6 is 0 Å². The molecule has 0 amide bonds. The molecule has 3 rings (SSSR count). The fraction of sp³-hybridized carbons (Fsp3) is 0.273. The second kappa shape index (κ2) is 8.46. The first-order chi connectivity index (χ1) is 12.7. The van der Waals surface area contributed by atoms with Crippen LogP contribution in [-0.2, 0) is 6.54 Å². The van der Waals surface area contributed by atoms with E-state index in [1.54, 1.807) is 37.5 Å². The molecule has 26 heavy (non-hydrogen) atoms. The lowest BCUT2D eigenvalue weighted by Gasteiger charge is -2.17. The van der Waals surface area contributed by atoms with Crippen molar-refractivity contribution >= 4 is 11.9 Å². The summed E-state index contributed by atoms with van der Waals surface area (Å²) in [6.45, 7) is 2.99. The summed E-state index contributed by atoms with van der Waals surface area (Å²) in [6, 6.07) is 14.9. The van der Waals surface area contributed by atoms with Crippen molar-refractivity contribution in [2.75, 3.05) is 20.2 Å². The Labute approximate surface area is 154 Å². The Morgan fingerprint density at radius 1 is 1.23 bits per heavy atom. The summed E-state index contributed by atoms with van der Waals surface area (Å²) >= 11 is 0. The van der Waals surface area contributed by atoms with Crippen molar-refractivity contribution in [2.45, 2.75) is 19.4 Å². The van der Waals surface area contributed by atoms with Crippen molar-refractivity contribution in [2.24, 2.45) is 0 Å². The lowest BCUT2D eigenvalue weighted by Crippen LogP contribution is -2.19. The molecule has 1 aliphatic rings. The third kappa shape index (κ3) is 4.38. The number of hydrogen-bond acceptors (Lipinski definition) is 4. The van der Waals surface area contributed by atoms with E-state index in [-0.39, 0.29) is 5.78 Å². The highest BCUT2D eigenvalue weighted by atomic mass is 16.5. The molecule has 0 saturated carbocycles. The summed E-state index contributed by atoms with van der Waals surface area (Å²) in [5, 5.41) is 8.96. The number of ether oxygens (including phenoxy) is 1. The Morgan fingerprint density at radius 3 is 2.77 bits per heavy atom. The molecule has 4 nitrogen and oxygen atoms in total. The van der Waals surface area contributed by atoms with Gasteiger partial charge >= 0.3 is 0 Å². The molecule has 0 bridgehead atoms. The van der Waals surface area contributed by atoms with Crippen LogP contribution in [0.4, 0.5) is 0 Å². The monoisotopic (exact) mass is 346 g/mol. The van der Waals surface area contributed by atoms with Gasteiger partial charge in [0.2, 0.25) is 0 Å². The quantitative estimate of drug-likeness (QED) is 0.585. The van der Waals surface area contributed by atoms with Gasteiger partial charge in [-0.3, -0.25) is 9.69 Å². The topological polar surface area (TPSA) is 53.3 Å². The number of ketones is 1. The number of methoxy groups -OCH3 is 1. The number of rotatable bonds is 6. The second-order valence-electron chi connectivity index (χ2n) is 6.44. The summed E-state index contributed by atoms with van der Waals surface area (Å²) in [4.78, 5) is 14.9. The molecule has 0 aliphatic carbocycles. The lowest BCUT2D eigenvalue weighted by molar-refractivity contribution is 0.104. The van der Waals surface area contributed by atoms with Gasteiger partial charge in [0.15, 0.2) is 5.78 Å². The van der Waals surface area contributed by atoms with Crippen molar-refractivity contribution in [1.82, 2.24) is 4.90 Å². The van der Waals surface area contributed by atoms with E-state index in [0.717, 1.165) is 36.5 Å². The normalized spacial score (nSPS) is 14.5. The van der Waals surface area contributed by atoms with Crippen LogP contribution < -0.4 is 4.74 Å². The molecule has 0 spiro atoms. The molecule has 0 unspecified atom stereocenters. The van der Waals surface area contributed by atoms with Gasteiger partial charge in [0.05, 0.1) is 18.7 Å². The van der Waals surface area contributed by atoms with Crippen molar-refractivity contribution in [3.05, 3.63) is 70.8 Å². The molecule has 0 radical (unpaired) electrons. The van der Waals surface area contributed by atoms with Crippen LogP contribution in [0.2, 0.25) is 0 Å². The number of nitriles is 1. The molecule has 2 aromatic rings. The van der Waals surface area contributed by atoms with Crippen LogP contribution in [0.1, 0.15) is 39.9 Å². The number of benzene rings is 2. The van der Waals surface area contributed by atoms with Gasteiger partial charge in [-0.15, -0.1) is 0 Å². The molecule has 4 heteroatoms. The summed E-state index contributed by atoms with van der Waals surface area (Å²) in [6.07, 6.45) is 5.75. The fourth-order valence-corrected chi connectivity index (χ4v) is 3.22. The van der Waals surface area contributed by atoms with E-state index in [4.69, 9.17) is 10.00 Å². The molecule has 1 aliphatic heterocycles. The predicted octanol–water partition coefficient (Wildman–Crippen LogP) is 4.06. The molecule has 2 aromatic carbocycles. The van der Waals surface area contributed by atoms with Gasteiger partial charge in [0.25, 0.3) is 0 Å². The van der Waals surface area contributed by atoms with Gasteiger partial charge in [0.1, 0.15) is 5.75 Å². The van der Waals surface area contributed by atoms with Crippen LogP contribution in [0, 0.1) is 11.3 Å². The van der Waals surface area contributed by atoms with Gasteiger partial charge in [-0.2, -0.15) is 5.26 Å². The lowest BCUT2D eigenvalue weighted by atomic mass is 10.0. The molecule has 1 fully saturated rings. The van der Waals surface area contributed by atoms with Gasteiger partial charge in [-0.1, -0.05) is 18.2 Å². The molecule has 0 aromatic heterocycles. The van der Waals surface area contributed by atoms with Crippen molar-refractivity contribution in [3.8, 4) is 11.8 Å². The third-order valence-electron chi connectivity index (χ3n) is 4.60. The predicted molar refractivity (Wildman–Crippen MR) is 102 cm³/mol. The average molecular weight is 346 g/mol. The van der Waals surface area contributed by atoms with E-state index in [1.807, 2.05) is 24.3 Å². The Balaban J connectivity index is 1.77. The van der Waals surface area contributed by atoms with Crippen molar-refractivity contribution in [3.63, 3.8) is 0 Å². The highest BCUT2D eigenvalue weighted by molar-refractivity contribution is 6.07. The minimum Gasteiger partial charge on any atom is -0.496 e. The Morgan fingerprint density at radius 2 is 2.04 bits per heavy atom. The number of likely N-dealkylation sites (tertiary alicyclic amines) is 1. The first-order valence-corrected chi connectivity index (χ1v) is 8.81. The minimum atomic E-state index is -0.0577. The molecule has 0 atom stereocenters. The molecular formula is C22H22N2O2. The maximum Gasteiger partial charge on any atom is 0.185 e. The van der Waals surface area contributed by atoms with Gasteiger partial charge in [-0.25, -0.2) is 0 Å². The van der Waals surface area contributed by atoms with Crippen LogP contribution in [0.15, 0.2) is 48.5 Å². The molecule has 0 N–H and O–H groups in total. The van der Waals surface area contributed by atoms with Gasteiger partial charge < -0.3 is 4.74 Å². The number of allylic oxidation sites excluding steroid dienone is 1. The number of carbonyl (C=O) groups excluding carboxylic acids is 1. The minimum absolute atomic E-state index is 0.0577. The SMILES string of the molecule is COc1ccc(C(=O)C=Cc2cccc(C#N)c2)cc1CN1CCCC1. The third-order valence-corrected chi connectivity index (χ3v) is 4.60. The first kappa shape index (κ1) is 17.9. The van der Waals surface area contributed by atoms with E-state index >= 15 is 0 Å². The highest BCUT2D eigenvalue weighted by Gasteiger charge is 2.15. The van der Waals surface area contributed by atoms with E-state index in [9.17, 15) is 4.79 Å². The maximum atomic E-state index is 12.6. The molecule has 1 saturated heterocycles. The number of nitrogens with zero attached hydrogens (tertiary/aromatic N) is 2. The average Bonchev–Trinajstić information content (AvgIpc) is 3.19. The van der Waals surface area contributed by atoms with Crippen molar-refractivity contribution < 1.29 is 9.53 Å². The van der Waals surface area contributed by atoms with Crippen LogP contribution in [0.25, 0.3) is 6.08 Å². The summed E-state index contributed by atoms with van der Waals surface area (Å²) in [5.41, 5.74) is 3.10. The van der Waals surface area contributed by atoms with E-state index in [2.05, 4.69) is 11.0 Å². The molecule has 132 valence electrons. The van der Waals surface area contributed by atoms with E-state index < -0.39 is 0 Å². The van der Waals surface area contributed by atoms with Crippen LogP contribution in [0.5, 0.6) is 5.75 Å². The van der Waals surface area contributed by atoms with Gasteiger partial charge in [-0.05, 0) is 67.9 Å². The van der Waals surface area contributed by atoms with Crippen molar-refractivity contribution in [1.29, 1.82) is 5.26 Å².